The molecule has 4 saturated heterocycles. The summed E-state index contributed by atoms with van der Waals surface area (Å²) in [4.78, 5) is 33.3. The van der Waals surface area contributed by atoms with Crippen molar-refractivity contribution < 1.29 is 19.1 Å². The molecular formula is C30H39N5O4. The van der Waals surface area contributed by atoms with E-state index in [0.29, 0.717) is 45.3 Å². The van der Waals surface area contributed by atoms with E-state index in [1.54, 1.807) is 7.11 Å². The Morgan fingerprint density at radius 1 is 1.05 bits per heavy atom. The second kappa shape index (κ2) is 11.2. The van der Waals surface area contributed by atoms with Crippen molar-refractivity contribution >= 4 is 17.6 Å². The third-order valence-electron chi connectivity index (χ3n) is 9.04. The Kier molecular flexibility index (Phi) is 7.47. The zero-order valence-electron chi connectivity index (χ0n) is 22.7. The lowest BCUT2D eigenvalue weighted by Gasteiger charge is -2.44. The van der Waals surface area contributed by atoms with Crippen molar-refractivity contribution in [1.29, 1.82) is 0 Å². The van der Waals surface area contributed by atoms with E-state index < -0.39 is 0 Å². The van der Waals surface area contributed by atoms with Gasteiger partial charge in [0, 0.05) is 63.5 Å². The number of nitrogens with one attached hydrogen (secondary N) is 2. The molecule has 2 aromatic rings. The van der Waals surface area contributed by atoms with E-state index in [4.69, 9.17) is 9.47 Å². The number of urea groups is 1. The second-order valence-corrected chi connectivity index (χ2v) is 11.3. The van der Waals surface area contributed by atoms with Crippen LogP contribution in [0.5, 0.6) is 5.75 Å². The van der Waals surface area contributed by atoms with Gasteiger partial charge in [0.1, 0.15) is 5.75 Å². The van der Waals surface area contributed by atoms with Crippen molar-refractivity contribution in [2.75, 3.05) is 57.9 Å². The van der Waals surface area contributed by atoms with Gasteiger partial charge in [-0.15, -0.1) is 0 Å². The van der Waals surface area contributed by atoms with Crippen LogP contribution >= 0.6 is 0 Å². The lowest BCUT2D eigenvalue weighted by Crippen LogP contribution is -2.56. The van der Waals surface area contributed by atoms with E-state index in [-0.39, 0.29) is 23.4 Å². The zero-order chi connectivity index (χ0) is 26.8. The highest BCUT2D eigenvalue weighted by molar-refractivity contribution is 5.95. The summed E-state index contributed by atoms with van der Waals surface area (Å²) in [7, 11) is 1.66. The number of anilines is 1. The van der Waals surface area contributed by atoms with Crippen molar-refractivity contribution in [3.05, 3.63) is 59.7 Å². The summed E-state index contributed by atoms with van der Waals surface area (Å²) in [6, 6.07) is 16.4. The molecule has 4 aliphatic rings. The normalized spacial score (nSPS) is 22.2. The molecule has 9 nitrogen and oxygen atoms in total. The Labute approximate surface area is 230 Å². The number of likely N-dealkylation sites (tertiary alicyclic amines) is 1. The number of ether oxygens (including phenoxy) is 2. The molecule has 4 heterocycles. The first-order valence-electron chi connectivity index (χ1n) is 14.2. The quantitative estimate of drug-likeness (QED) is 0.594. The molecule has 6 rings (SSSR count). The Morgan fingerprint density at radius 3 is 2.46 bits per heavy atom. The number of rotatable bonds is 6. The van der Waals surface area contributed by atoms with E-state index in [0.717, 1.165) is 55.8 Å². The van der Waals surface area contributed by atoms with Crippen molar-refractivity contribution in [2.24, 2.45) is 5.92 Å². The molecule has 0 bridgehead atoms. The van der Waals surface area contributed by atoms with Crippen LogP contribution in [0.25, 0.3) is 0 Å². The minimum atomic E-state index is -0.329. The van der Waals surface area contributed by atoms with Crippen LogP contribution in [0, 0.1) is 5.92 Å². The maximum Gasteiger partial charge on any atom is 0.325 e. The predicted octanol–water partition coefficient (Wildman–Crippen LogP) is 3.12. The fraction of sp³-hybridized carbons (Fsp3) is 0.533. The maximum atomic E-state index is 14.0. The average Bonchev–Trinajstić information content (AvgIpc) is 3.62. The lowest BCUT2D eigenvalue weighted by atomic mass is 9.85. The first-order chi connectivity index (χ1) is 19.1. The van der Waals surface area contributed by atoms with Crippen molar-refractivity contribution in [2.45, 2.75) is 43.7 Å². The molecule has 39 heavy (non-hydrogen) atoms. The Hall–Kier alpha value is -3.14. The van der Waals surface area contributed by atoms with Gasteiger partial charge in [-0.25, -0.2) is 4.79 Å². The third-order valence-corrected chi connectivity index (χ3v) is 9.04. The number of nitrogens with zero attached hydrogens (tertiary/aromatic N) is 3. The zero-order valence-corrected chi connectivity index (χ0v) is 22.7. The van der Waals surface area contributed by atoms with Gasteiger partial charge in [0.05, 0.1) is 19.2 Å². The van der Waals surface area contributed by atoms with Crippen LogP contribution in [-0.4, -0.2) is 80.3 Å². The molecule has 208 valence electrons. The number of carbonyl (C=O) groups excluding carboxylic acids is 2. The number of hydrazine groups is 1. The van der Waals surface area contributed by atoms with Crippen LogP contribution in [0.1, 0.15) is 42.7 Å². The summed E-state index contributed by atoms with van der Waals surface area (Å²) in [6.07, 6.45) is 3.15. The summed E-state index contributed by atoms with van der Waals surface area (Å²) in [6.45, 7) is 5.63. The fourth-order valence-electron chi connectivity index (χ4n) is 6.59. The number of hydrogen-bond donors (Lipinski definition) is 2. The largest absolute Gasteiger partial charge is 0.497 e. The van der Waals surface area contributed by atoms with Crippen molar-refractivity contribution in [1.82, 2.24) is 20.7 Å². The molecule has 0 unspecified atom stereocenters. The van der Waals surface area contributed by atoms with Gasteiger partial charge >= 0.3 is 6.03 Å². The average molecular weight is 534 g/mol. The molecule has 0 atom stereocenters. The Morgan fingerprint density at radius 2 is 1.77 bits per heavy atom. The van der Waals surface area contributed by atoms with E-state index >= 15 is 0 Å². The molecule has 0 aromatic heterocycles. The van der Waals surface area contributed by atoms with Gasteiger partial charge in [0.15, 0.2) is 0 Å². The molecule has 4 fully saturated rings. The Balaban J connectivity index is 1.23. The molecule has 2 aromatic carbocycles. The third kappa shape index (κ3) is 5.23. The number of carbonyl (C=O) groups is 2. The first-order valence-corrected chi connectivity index (χ1v) is 14.2. The SMILES string of the molecule is COc1cccc(CN2C(=O)N(c3ccc(C4CNNC4)cc3)CC23CCN(C(=O)C2CCOCC2)CC3)c1. The Bertz CT molecular complexity index is 1170. The monoisotopic (exact) mass is 533 g/mol. The topological polar surface area (TPSA) is 86.4 Å². The van der Waals surface area contributed by atoms with Gasteiger partial charge in [-0.1, -0.05) is 24.3 Å². The van der Waals surface area contributed by atoms with Gasteiger partial charge in [-0.3, -0.25) is 20.5 Å². The van der Waals surface area contributed by atoms with E-state index in [1.807, 2.05) is 28.0 Å². The van der Waals surface area contributed by atoms with Crippen LogP contribution in [0.2, 0.25) is 0 Å². The molecule has 0 aliphatic carbocycles. The van der Waals surface area contributed by atoms with Crippen LogP contribution in [0.15, 0.2) is 48.5 Å². The molecule has 2 N–H and O–H groups in total. The molecule has 3 amide bonds. The van der Waals surface area contributed by atoms with Crippen LogP contribution < -0.4 is 20.5 Å². The van der Waals surface area contributed by atoms with Crippen LogP contribution in [0.4, 0.5) is 10.5 Å². The van der Waals surface area contributed by atoms with Gasteiger partial charge < -0.3 is 19.3 Å². The molecule has 0 radical (unpaired) electrons. The predicted molar refractivity (Wildman–Crippen MR) is 149 cm³/mol. The summed E-state index contributed by atoms with van der Waals surface area (Å²) < 4.78 is 10.9. The number of piperidine rings is 1. The molecule has 0 saturated carbocycles. The summed E-state index contributed by atoms with van der Waals surface area (Å²) >= 11 is 0. The fourth-order valence-corrected chi connectivity index (χ4v) is 6.59. The summed E-state index contributed by atoms with van der Waals surface area (Å²) in [5.74, 6) is 1.53. The van der Waals surface area contributed by atoms with Crippen molar-refractivity contribution in [3.63, 3.8) is 0 Å². The maximum absolute atomic E-state index is 14.0. The number of amides is 3. The minimum absolute atomic E-state index is 0.0268. The summed E-state index contributed by atoms with van der Waals surface area (Å²) in [5, 5.41) is 0. The van der Waals surface area contributed by atoms with Crippen LogP contribution in [-0.2, 0) is 16.1 Å². The highest BCUT2D eigenvalue weighted by Gasteiger charge is 2.51. The lowest BCUT2D eigenvalue weighted by molar-refractivity contribution is -0.140. The minimum Gasteiger partial charge on any atom is -0.497 e. The number of benzene rings is 2. The highest BCUT2D eigenvalue weighted by Crippen LogP contribution is 2.40. The standard InChI is InChI=1S/C30H39N5O4/c1-38-27-4-2-3-22(17-27)20-35-29(37)34(26-7-5-23(6-8-26)25-18-31-32-19-25)21-30(35)11-13-33(14-12-30)28(36)24-9-15-39-16-10-24/h2-8,17,24-25,31-32H,9-16,18-21H2,1H3. The van der Waals surface area contributed by atoms with E-state index in [9.17, 15) is 9.59 Å². The second-order valence-electron chi connectivity index (χ2n) is 11.3. The molecule has 1 spiro atoms. The van der Waals surface area contributed by atoms with Crippen molar-refractivity contribution in [3.8, 4) is 5.75 Å². The van der Waals surface area contributed by atoms with Crippen LogP contribution in [0.3, 0.4) is 0 Å². The van der Waals surface area contributed by atoms with E-state index in [2.05, 4.69) is 46.1 Å². The van der Waals surface area contributed by atoms with Gasteiger partial charge in [-0.2, -0.15) is 0 Å². The van der Waals surface area contributed by atoms with E-state index in [1.165, 1.54) is 5.56 Å². The first kappa shape index (κ1) is 26.1. The number of hydrogen-bond acceptors (Lipinski definition) is 6. The molecule has 9 heteroatoms. The number of methoxy groups -OCH3 is 1. The van der Waals surface area contributed by atoms with Gasteiger partial charge in [0.2, 0.25) is 5.91 Å². The molecular weight excluding hydrogens is 494 g/mol. The molecule has 4 aliphatic heterocycles. The highest BCUT2D eigenvalue weighted by atomic mass is 16.5. The summed E-state index contributed by atoms with van der Waals surface area (Å²) in [5.41, 5.74) is 9.29. The smallest absolute Gasteiger partial charge is 0.325 e. The van der Waals surface area contributed by atoms with Gasteiger partial charge in [0.25, 0.3) is 0 Å². The van der Waals surface area contributed by atoms with Gasteiger partial charge in [-0.05, 0) is 61.1 Å².